The third-order valence-corrected chi connectivity index (χ3v) is 4.82. The molecular weight excluding hydrogens is 354 g/mol. The molecule has 4 rings (SSSR count). The molecular formula is C21H23N5O2. The number of nitrogens with one attached hydrogen (secondary N) is 1. The summed E-state index contributed by atoms with van der Waals surface area (Å²) in [5.74, 6) is 0.193. The van der Waals surface area contributed by atoms with Gasteiger partial charge in [0.15, 0.2) is 12.3 Å². The van der Waals surface area contributed by atoms with E-state index in [0.29, 0.717) is 5.88 Å². The predicted octanol–water partition coefficient (Wildman–Crippen LogP) is 3.58. The van der Waals surface area contributed by atoms with Crippen LogP contribution >= 0.6 is 0 Å². The number of ether oxygens (including phenoxy) is 1. The lowest BCUT2D eigenvalue weighted by molar-refractivity contribution is -0.118. The van der Waals surface area contributed by atoms with Gasteiger partial charge in [-0.2, -0.15) is 0 Å². The number of carbonyl (C=O) groups excluding carboxylic acids is 1. The van der Waals surface area contributed by atoms with E-state index >= 15 is 0 Å². The summed E-state index contributed by atoms with van der Waals surface area (Å²) in [6.07, 6.45) is 2.05. The van der Waals surface area contributed by atoms with Gasteiger partial charge in [0.05, 0.1) is 5.39 Å². The Hall–Kier alpha value is -3.35. The summed E-state index contributed by atoms with van der Waals surface area (Å²) in [4.78, 5) is 16.9. The van der Waals surface area contributed by atoms with Gasteiger partial charge in [0, 0.05) is 42.1 Å². The number of hydrogen-bond donors (Lipinski definition) is 1. The second-order valence-electron chi connectivity index (χ2n) is 6.92. The fourth-order valence-electron chi connectivity index (χ4n) is 3.53. The van der Waals surface area contributed by atoms with Gasteiger partial charge in [0.1, 0.15) is 0 Å². The molecule has 4 aromatic rings. The molecule has 3 aromatic heterocycles. The maximum Gasteiger partial charge on any atom is 0.262 e. The number of nitrogens with zero attached hydrogens (tertiary/aromatic N) is 4. The highest BCUT2D eigenvalue weighted by Gasteiger charge is 2.15. The number of amides is 1. The Balaban J connectivity index is 1.48. The number of benzene rings is 1. The van der Waals surface area contributed by atoms with Crippen molar-refractivity contribution in [2.75, 3.05) is 11.9 Å². The molecule has 0 saturated carbocycles. The van der Waals surface area contributed by atoms with Gasteiger partial charge in [-0.15, -0.1) is 5.10 Å². The number of rotatable bonds is 5. The summed E-state index contributed by atoms with van der Waals surface area (Å²) < 4.78 is 9.55. The molecule has 28 heavy (non-hydrogen) atoms. The van der Waals surface area contributed by atoms with Crippen LogP contribution in [0.3, 0.4) is 0 Å². The second kappa shape index (κ2) is 6.99. The lowest BCUT2D eigenvalue weighted by Crippen LogP contribution is -2.20. The first-order chi connectivity index (χ1) is 13.5. The molecule has 0 saturated heterocycles. The zero-order valence-corrected chi connectivity index (χ0v) is 16.5. The molecule has 0 unspecified atom stereocenters. The minimum atomic E-state index is -0.231. The molecule has 0 aliphatic rings. The largest absolute Gasteiger partial charge is 0.466 e. The third kappa shape index (κ3) is 3.19. The quantitative estimate of drug-likeness (QED) is 0.577. The molecule has 7 nitrogen and oxygen atoms in total. The highest BCUT2D eigenvalue weighted by atomic mass is 16.5. The van der Waals surface area contributed by atoms with Crippen molar-refractivity contribution in [2.45, 2.75) is 27.3 Å². The number of hydrogen-bond acceptors (Lipinski definition) is 4. The Morgan fingerprint density at radius 2 is 2.04 bits per heavy atom. The smallest absolute Gasteiger partial charge is 0.262 e. The average Bonchev–Trinajstić information content (AvgIpc) is 3.20. The topological polar surface area (TPSA) is 74.0 Å². The van der Waals surface area contributed by atoms with E-state index in [1.165, 1.54) is 0 Å². The Morgan fingerprint density at radius 1 is 1.21 bits per heavy atom. The van der Waals surface area contributed by atoms with Gasteiger partial charge in [-0.05, 0) is 56.7 Å². The minimum absolute atomic E-state index is 0.118. The first-order valence-corrected chi connectivity index (χ1v) is 9.28. The summed E-state index contributed by atoms with van der Waals surface area (Å²) in [7, 11) is 1.82. The number of fused-ring (bicyclic) bond motifs is 2. The van der Waals surface area contributed by atoms with Gasteiger partial charge in [0.2, 0.25) is 5.88 Å². The zero-order valence-electron chi connectivity index (χ0n) is 16.5. The molecule has 7 heteroatoms. The average molecular weight is 377 g/mol. The maximum absolute atomic E-state index is 12.4. The molecule has 1 amide bonds. The molecule has 0 aliphatic carbocycles. The summed E-state index contributed by atoms with van der Waals surface area (Å²) >= 11 is 0. The Kier molecular flexibility index (Phi) is 4.50. The summed E-state index contributed by atoms with van der Waals surface area (Å²) in [6, 6.07) is 9.90. The second-order valence-corrected chi connectivity index (χ2v) is 6.92. The molecule has 0 aliphatic heterocycles. The summed E-state index contributed by atoms with van der Waals surface area (Å²) in [5.41, 5.74) is 4.59. The minimum Gasteiger partial charge on any atom is -0.466 e. The van der Waals surface area contributed by atoms with Crippen LogP contribution in [0.2, 0.25) is 0 Å². The normalized spacial score (nSPS) is 11.3. The van der Waals surface area contributed by atoms with E-state index in [9.17, 15) is 4.79 Å². The van der Waals surface area contributed by atoms with Crippen molar-refractivity contribution in [3.8, 4) is 5.88 Å². The van der Waals surface area contributed by atoms with Crippen molar-refractivity contribution in [3.63, 3.8) is 0 Å². The number of aryl methyl sites for hydroxylation is 4. The van der Waals surface area contributed by atoms with Crippen LogP contribution in [0.4, 0.5) is 5.69 Å². The molecule has 0 radical (unpaired) electrons. The van der Waals surface area contributed by atoms with Crippen LogP contribution in [0.15, 0.2) is 36.5 Å². The standard InChI is InChI=1S/C21H23N5O2/c1-5-26-9-8-15-11-16(6-7-17(15)26)23-18(27)12-28-21-19-13(2)10-14(3)22-20(19)25(4)24-21/h6-11H,5,12H2,1-4H3,(H,23,27). The van der Waals surface area contributed by atoms with E-state index in [1.807, 2.05) is 57.4 Å². The van der Waals surface area contributed by atoms with E-state index in [1.54, 1.807) is 4.68 Å². The van der Waals surface area contributed by atoms with Gasteiger partial charge < -0.3 is 14.6 Å². The van der Waals surface area contributed by atoms with Crippen LogP contribution in [0, 0.1) is 13.8 Å². The monoisotopic (exact) mass is 377 g/mol. The number of aromatic nitrogens is 4. The molecule has 3 heterocycles. The maximum atomic E-state index is 12.4. The highest BCUT2D eigenvalue weighted by Crippen LogP contribution is 2.27. The van der Waals surface area contributed by atoms with Gasteiger partial charge >= 0.3 is 0 Å². The van der Waals surface area contributed by atoms with Crippen LogP contribution < -0.4 is 10.1 Å². The van der Waals surface area contributed by atoms with E-state index in [-0.39, 0.29) is 12.5 Å². The number of carbonyl (C=O) groups is 1. The van der Waals surface area contributed by atoms with Crippen molar-refractivity contribution in [3.05, 3.63) is 47.8 Å². The van der Waals surface area contributed by atoms with Crippen molar-refractivity contribution in [1.82, 2.24) is 19.3 Å². The molecule has 1 aromatic carbocycles. The Morgan fingerprint density at radius 3 is 2.82 bits per heavy atom. The zero-order chi connectivity index (χ0) is 19.8. The Labute approximate surface area is 162 Å². The van der Waals surface area contributed by atoms with Crippen LogP contribution in [0.5, 0.6) is 5.88 Å². The molecule has 1 N–H and O–H groups in total. The fraction of sp³-hybridized carbons (Fsp3) is 0.286. The predicted molar refractivity (Wildman–Crippen MR) is 110 cm³/mol. The van der Waals surface area contributed by atoms with Crippen LogP contribution in [0.1, 0.15) is 18.2 Å². The van der Waals surface area contributed by atoms with Crippen LogP contribution in [0.25, 0.3) is 21.9 Å². The van der Waals surface area contributed by atoms with Gasteiger partial charge in [-0.3, -0.25) is 4.79 Å². The summed E-state index contributed by atoms with van der Waals surface area (Å²) in [6.45, 7) is 6.83. The van der Waals surface area contributed by atoms with Crippen molar-refractivity contribution in [1.29, 1.82) is 0 Å². The third-order valence-electron chi connectivity index (χ3n) is 4.82. The Bertz CT molecular complexity index is 1190. The van der Waals surface area contributed by atoms with Crippen molar-refractivity contribution < 1.29 is 9.53 Å². The van der Waals surface area contributed by atoms with Gasteiger partial charge in [-0.25, -0.2) is 9.67 Å². The molecule has 0 atom stereocenters. The van der Waals surface area contributed by atoms with Crippen LogP contribution in [-0.2, 0) is 18.4 Å². The first kappa shape index (κ1) is 18.0. The van der Waals surface area contributed by atoms with E-state index in [0.717, 1.165) is 45.4 Å². The van der Waals surface area contributed by atoms with Crippen molar-refractivity contribution in [2.24, 2.45) is 7.05 Å². The molecule has 0 spiro atoms. The van der Waals surface area contributed by atoms with E-state index in [2.05, 4.69) is 26.9 Å². The number of pyridine rings is 1. The fourth-order valence-corrected chi connectivity index (χ4v) is 3.53. The van der Waals surface area contributed by atoms with E-state index in [4.69, 9.17) is 4.74 Å². The van der Waals surface area contributed by atoms with Crippen LogP contribution in [-0.4, -0.2) is 31.8 Å². The van der Waals surface area contributed by atoms with Crippen molar-refractivity contribution >= 4 is 33.5 Å². The first-order valence-electron chi connectivity index (χ1n) is 9.28. The van der Waals surface area contributed by atoms with Gasteiger partial charge in [-0.1, -0.05) is 0 Å². The molecule has 0 bridgehead atoms. The lowest BCUT2D eigenvalue weighted by atomic mass is 10.2. The molecule has 0 fully saturated rings. The molecule has 144 valence electrons. The van der Waals surface area contributed by atoms with Gasteiger partial charge in [0.25, 0.3) is 5.91 Å². The lowest BCUT2D eigenvalue weighted by Gasteiger charge is -2.08. The van der Waals surface area contributed by atoms with E-state index < -0.39 is 0 Å². The summed E-state index contributed by atoms with van der Waals surface area (Å²) in [5, 5.41) is 9.19. The SMILES string of the molecule is CCn1ccc2cc(NC(=O)COc3nn(C)c4nc(C)cc(C)c34)ccc21. The number of anilines is 1. The highest BCUT2D eigenvalue weighted by molar-refractivity contribution is 5.95.